The monoisotopic (exact) mass is 314 g/mol. The van der Waals surface area contributed by atoms with E-state index in [0.717, 1.165) is 5.56 Å². The predicted molar refractivity (Wildman–Crippen MR) is 77.8 cm³/mol. The fraction of sp³-hybridized carbons (Fsp3) is 0.200. The molecule has 106 valence electrons. The lowest BCUT2D eigenvalue weighted by molar-refractivity contribution is 0.194. The number of hydrogen-bond acceptors (Lipinski definition) is 2. The van der Waals surface area contributed by atoms with Gasteiger partial charge in [0.2, 0.25) is 0 Å². The van der Waals surface area contributed by atoms with Crippen LogP contribution in [0, 0.1) is 5.82 Å². The second-order valence-electron chi connectivity index (χ2n) is 4.40. The van der Waals surface area contributed by atoms with Crippen molar-refractivity contribution in [2.45, 2.75) is 19.6 Å². The third kappa shape index (κ3) is 3.63. The molecule has 0 saturated carbocycles. The first-order chi connectivity index (χ1) is 9.47. The van der Waals surface area contributed by atoms with Gasteiger partial charge >= 0.3 is 0 Å². The van der Waals surface area contributed by atoms with E-state index in [1.54, 1.807) is 24.3 Å². The molecular weight excluding hydrogens is 302 g/mol. The third-order valence-corrected chi connectivity index (χ3v) is 3.55. The normalized spacial score (nSPS) is 12.2. The molecule has 0 aliphatic carbocycles. The zero-order chi connectivity index (χ0) is 14.7. The van der Waals surface area contributed by atoms with Crippen molar-refractivity contribution in [3.8, 4) is 5.75 Å². The largest absolute Gasteiger partial charge is 0.489 e. The highest BCUT2D eigenvalue weighted by atomic mass is 35.5. The number of rotatable bonds is 4. The molecule has 0 radical (unpaired) electrons. The summed E-state index contributed by atoms with van der Waals surface area (Å²) in [6.07, 6.45) is -0.848. The number of hydrogen-bond donors (Lipinski definition) is 1. The van der Waals surface area contributed by atoms with Crippen molar-refractivity contribution in [1.82, 2.24) is 0 Å². The van der Waals surface area contributed by atoms with E-state index in [0.29, 0.717) is 15.8 Å². The first-order valence-electron chi connectivity index (χ1n) is 6.01. The van der Waals surface area contributed by atoms with Crippen LogP contribution in [0.25, 0.3) is 0 Å². The Bertz CT molecular complexity index is 615. The standard InChI is InChI=1S/C15H13Cl2FO2/c1-9(19)12-4-3-11(7-15(12)18)20-8-10-2-5-13(16)14(17)6-10/h2-7,9,19H,8H2,1H3/t9-/m0/s1. The van der Waals surface area contributed by atoms with Crippen molar-refractivity contribution in [1.29, 1.82) is 0 Å². The smallest absolute Gasteiger partial charge is 0.132 e. The van der Waals surface area contributed by atoms with E-state index in [1.165, 1.54) is 19.1 Å². The summed E-state index contributed by atoms with van der Waals surface area (Å²) in [4.78, 5) is 0. The average Bonchev–Trinajstić information content (AvgIpc) is 2.40. The molecule has 0 saturated heterocycles. The van der Waals surface area contributed by atoms with Gasteiger partial charge in [-0.15, -0.1) is 0 Å². The van der Waals surface area contributed by atoms with Crippen molar-refractivity contribution in [2.75, 3.05) is 0 Å². The molecule has 2 aromatic rings. The highest BCUT2D eigenvalue weighted by Crippen LogP contribution is 2.25. The molecule has 0 unspecified atom stereocenters. The Kier molecular flexibility index (Phi) is 4.86. The van der Waals surface area contributed by atoms with Crippen molar-refractivity contribution >= 4 is 23.2 Å². The number of aliphatic hydroxyl groups excluding tert-OH is 1. The van der Waals surface area contributed by atoms with Crippen LogP contribution in [0.2, 0.25) is 10.0 Å². The van der Waals surface area contributed by atoms with E-state index in [9.17, 15) is 9.50 Å². The van der Waals surface area contributed by atoms with Crippen molar-refractivity contribution in [3.63, 3.8) is 0 Å². The molecule has 20 heavy (non-hydrogen) atoms. The van der Waals surface area contributed by atoms with Gasteiger partial charge in [0.1, 0.15) is 18.2 Å². The molecular formula is C15H13Cl2FO2. The van der Waals surface area contributed by atoms with Gasteiger partial charge in [0, 0.05) is 11.6 Å². The Morgan fingerprint density at radius 2 is 1.90 bits per heavy atom. The molecule has 0 heterocycles. The third-order valence-electron chi connectivity index (χ3n) is 2.81. The van der Waals surface area contributed by atoms with Gasteiger partial charge < -0.3 is 9.84 Å². The van der Waals surface area contributed by atoms with Crippen LogP contribution >= 0.6 is 23.2 Å². The first kappa shape index (κ1) is 15.1. The summed E-state index contributed by atoms with van der Waals surface area (Å²) < 4.78 is 19.1. The van der Waals surface area contributed by atoms with Gasteiger partial charge in [-0.1, -0.05) is 29.3 Å². The molecule has 1 N–H and O–H groups in total. The summed E-state index contributed by atoms with van der Waals surface area (Å²) in [7, 11) is 0. The molecule has 0 amide bonds. The number of ether oxygens (including phenoxy) is 1. The van der Waals surface area contributed by atoms with Crippen molar-refractivity contribution < 1.29 is 14.2 Å². The first-order valence-corrected chi connectivity index (χ1v) is 6.77. The fourth-order valence-corrected chi connectivity index (χ4v) is 2.05. The molecule has 0 bridgehead atoms. The summed E-state index contributed by atoms with van der Waals surface area (Å²) in [6, 6.07) is 9.53. The van der Waals surface area contributed by atoms with Crippen LogP contribution in [-0.2, 0) is 6.61 Å². The minimum Gasteiger partial charge on any atom is -0.489 e. The van der Waals surface area contributed by atoms with Crippen molar-refractivity contribution in [3.05, 3.63) is 63.4 Å². The van der Waals surface area contributed by atoms with Crippen LogP contribution in [0.15, 0.2) is 36.4 Å². The van der Waals surface area contributed by atoms with E-state index >= 15 is 0 Å². The molecule has 5 heteroatoms. The number of halogens is 3. The molecule has 0 aliphatic rings. The van der Waals surface area contributed by atoms with E-state index in [2.05, 4.69) is 0 Å². The van der Waals surface area contributed by atoms with Gasteiger partial charge in [-0.3, -0.25) is 0 Å². The summed E-state index contributed by atoms with van der Waals surface area (Å²) in [5, 5.41) is 10.3. The summed E-state index contributed by atoms with van der Waals surface area (Å²) >= 11 is 11.7. The molecule has 1 atom stereocenters. The highest BCUT2D eigenvalue weighted by molar-refractivity contribution is 6.42. The lowest BCUT2D eigenvalue weighted by Crippen LogP contribution is -1.99. The summed E-state index contributed by atoms with van der Waals surface area (Å²) in [6.45, 7) is 1.76. The lowest BCUT2D eigenvalue weighted by Gasteiger charge is -2.10. The van der Waals surface area contributed by atoms with Crippen LogP contribution < -0.4 is 4.74 Å². The van der Waals surface area contributed by atoms with Gasteiger partial charge in [0.05, 0.1) is 16.1 Å². The minimum absolute atomic E-state index is 0.242. The molecule has 0 spiro atoms. The Morgan fingerprint density at radius 3 is 2.50 bits per heavy atom. The van der Waals surface area contributed by atoms with Gasteiger partial charge in [-0.2, -0.15) is 0 Å². The SMILES string of the molecule is C[C@H](O)c1ccc(OCc2ccc(Cl)c(Cl)c2)cc1F. The van der Waals surface area contributed by atoms with Gasteiger partial charge in [0.15, 0.2) is 0 Å². The van der Waals surface area contributed by atoms with Crippen molar-refractivity contribution in [2.24, 2.45) is 0 Å². The predicted octanol–water partition coefficient (Wildman–Crippen LogP) is 4.76. The Morgan fingerprint density at radius 1 is 1.15 bits per heavy atom. The topological polar surface area (TPSA) is 29.5 Å². The Labute approximate surface area is 126 Å². The molecule has 0 fully saturated rings. The van der Waals surface area contributed by atoms with Gasteiger partial charge in [-0.25, -0.2) is 4.39 Å². The number of benzene rings is 2. The zero-order valence-corrected chi connectivity index (χ0v) is 12.2. The molecule has 0 aromatic heterocycles. The van der Waals surface area contributed by atoms with E-state index in [1.807, 2.05) is 0 Å². The van der Waals surface area contributed by atoms with Gasteiger partial charge in [-0.05, 0) is 36.8 Å². The summed E-state index contributed by atoms with van der Waals surface area (Å²) in [5.74, 6) is -0.107. The van der Waals surface area contributed by atoms with Crippen LogP contribution in [0.1, 0.15) is 24.2 Å². The maximum absolute atomic E-state index is 13.7. The van der Waals surface area contributed by atoms with E-state index in [4.69, 9.17) is 27.9 Å². The fourth-order valence-electron chi connectivity index (χ4n) is 1.73. The quantitative estimate of drug-likeness (QED) is 0.881. The van der Waals surface area contributed by atoms with Crippen LogP contribution in [0.5, 0.6) is 5.75 Å². The molecule has 2 nitrogen and oxygen atoms in total. The zero-order valence-electron chi connectivity index (χ0n) is 10.7. The molecule has 2 rings (SSSR count). The van der Waals surface area contributed by atoms with Crippen LogP contribution in [0.3, 0.4) is 0 Å². The maximum atomic E-state index is 13.7. The maximum Gasteiger partial charge on any atom is 0.132 e. The van der Waals surface area contributed by atoms with E-state index in [-0.39, 0.29) is 12.2 Å². The Balaban J connectivity index is 2.07. The average molecular weight is 315 g/mol. The van der Waals surface area contributed by atoms with E-state index < -0.39 is 11.9 Å². The highest BCUT2D eigenvalue weighted by Gasteiger charge is 2.09. The minimum atomic E-state index is -0.848. The van der Waals surface area contributed by atoms with Crippen LogP contribution in [-0.4, -0.2) is 5.11 Å². The molecule has 2 aromatic carbocycles. The lowest BCUT2D eigenvalue weighted by atomic mass is 10.1. The van der Waals surface area contributed by atoms with Crippen LogP contribution in [0.4, 0.5) is 4.39 Å². The second-order valence-corrected chi connectivity index (χ2v) is 5.21. The van der Waals surface area contributed by atoms with Gasteiger partial charge in [0.25, 0.3) is 0 Å². The second kappa shape index (κ2) is 6.44. The number of aliphatic hydroxyl groups is 1. The molecule has 0 aliphatic heterocycles. The summed E-state index contributed by atoms with van der Waals surface area (Å²) in [5.41, 5.74) is 1.08. The Hall–Kier alpha value is -1.29.